The van der Waals surface area contributed by atoms with Gasteiger partial charge in [-0.15, -0.1) is 0 Å². The summed E-state index contributed by atoms with van der Waals surface area (Å²) in [5.41, 5.74) is 0.953. The van der Waals surface area contributed by atoms with Crippen LogP contribution in [0.3, 0.4) is 0 Å². The largest absolute Gasteiger partial charge is 0.348 e. The second kappa shape index (κ2) is 7.40. The van der Waals surface area contributed by atoms with Crippen molar-refractivity contribution in [3.05, 3.63) is 35.1 Å². The van der Waals surface area contributed by atoms with Crippen LogP contribution in [-0.4, -0.2) is 53.7 Å². The zero-order valence-electron chi connectivity index (χ0n) is 16.5. The van der Waals surface area contributed by atoms with Gasteiger partial charge in [-0.3, -0.25) is 25.0 Å². The zero-order chi connectivity index (χ0) is 20.9. The molecule has 8 nitrogen and oxygen atoms in total. The lowest BCUT2D eigenvalue weighted by Crippen LogP contribution is -2.53. The lowest BCUT2D eigenvalue weighted by atomic mass is 9.89. The number of halogens is 1. The number of hydrogen-bond donors (Lipinski definition) is 2. The van der Waals surface area contributed by atoms with E-state index >= 15 is 0 Å². The number of carbonyl (C=O) groups is 3. The van der Waals surface area contributed by atoms with E-state index in [1.54, 1.807) is 4.90 Å². The summed E-state index contributed by atoms with van der Waals surface area (Å²) in [7, 11) is 0. The van der Waals surface area contributed by atoms with Crippen LogP contribution in [0.5, 0.6) is 0 Å². The Morgan fingerprint density at radius 1 is 1.07 bits per heavy atom. The summed E-state index contributed by atoms with van der Waals surface area (Å²) in [5, 5.41) is 5.78. The van der Waals surface area contributed by atoms with E-state index in [4.69, 9.17) is 9.47 Å². The summed E-state index contributed by atoms with van der Waals surface area (Å²) in [6.45, 7) is 1.21. The van der Waals surface area contributed by atoms with Crippen molar-refractivity contribution in [1.29, 1.82) is 0 Å². The van der Waals surface area contributed by atoms with Crippen LogP contribution >= 0.6 is 0 Å². The molecule has 0 radical (unpaired) electrons. The highest BCUT2D eigenvalue weighted by Crippen LogP contribution is 2.40. The molecule has 3 aliphatic heterocycles. The molecular weight excluding hydrogens is 393 g/mol. The van der Waals surface area contributed by atoms with Gasteiger partial charge in [0.15, 0.2) is 5.79 Å². The molecule has 1 aliphatic carbocycles. The van der Waals surface area contributed by atoms with E-state index in [-0.39, 0.29) is 24.8 Å². The molecule has 1 saturated carbocycles. The normalized spacial score (nSPS) is 27.0. The summed E-state index contributed by atoms with van der Waals surface area (Å²) in [6, 6.07) is 3.61. The number of piperidine rings is 1. The van der Waals surface area contributed by atoms with Crippen molar-refractivity contribution in [2.75, 3.05) is 13.2 Å². The third-order valence-corrected chi connectivity index (χ3v) is 6.52. The van der Waals surface area contributed by atoms with Crippen LogP contribution in [0.2, 0.25) is 0 Å². The van der Waals surface area contributed by atoms with Crippen molar-refractivity contribution >= 4 is 17.7 Å². The number of rotatable bonds is 3. The van der Waals surface area contributed by atoms with Gasteiger partial charge in [0.2, 0.25) is 11.8 Å². The standard InChI is InChI=1S/C21H24FN3O5/c22-12-1-2-15-16(9-12)19(23-13-3-5-21(6-4-13)29-7-8-30-21)25(20(15)28)14-10-17(26)24-18(27)11-14/h1-2,9,13-14,19,23H,3-8,10-11H2,(H,24,26,27). The molecule has 1 aromatic rings. The predicted molar refractivity (Wildman–Crippen MR) is 102 cm³/mol. The van der Waals surface area contributed by atoms with E-state index < -0.39 is 35.6 Å². The third-order valence-electron chi connectivity index (χ3n) is 6.52. The SMILES string of the molecule is O=C1CC(N2C(=O)c3ccc(F)cc3C2NC2CCC3(CC2)OCCO3)CC(=O)N1. The van der Waals surface area contributed by atoms with Gasteiger partial charge in [-0.25, -0.2) is 4.39 Å². The van der Waals surface area contributed by atoms with Crippen molar-refractivity contribution < 1.29 is 28.2 Å². The van der Waals surface area contributed by atoms with E-state index in [2.05, 4.69) is 10.6 Å². The summed E-state index contributed by atoms with van der Waals surface area (Å²) in [4.78, 5) is 38.6. The van der Waals surface area contributed by atoms with Gasteiger partial charge >= 0.3 is 0 Å². The fourth-order valence-electron chi connectivity index (χ4n) is 5.10. The number of ether oxygens (including phenoxy) is 2. The Balaban J connectivity index is 1.40. The van der Waals surface area contributed by atoms with Gasteiger partial charge in [0, 0.05) is 42.9 Å². The molecule has 3 amide bonds. The zero-order valence-corrected chi connectivity index (χ0v) is 16.5. The minimum Gasteiger partial charge on any atom is -0.348 e. The van der Waals surface area contributed by atoms with Gasteiger partial charge in [0.1, 0.15) is 12.0 Å². The molecule has 1 aromatic carbocycles. The van der Waals surface area contributed by atoms with Crippen molar-refractivity contribution in [3.63, 3.8) is 0 Å². The van der Waals surface area contributed by atoms with Crippen molar-refractivity contribution in [3.8, 4) is 0 Å². The molecule has 4 aliphatic rings. The first-order valence-electron chi connectivity index (χ1n) is 10.4. The highest BCUT2D eigenvalue weighted by molar-refractivity contribution is 6.02. The Morgan fingerprint density at radius 2 is 1.73 bits per heavy atom. The smallest absolute Gasteiger partial charge is 0.256 e. The first kappa shape index (κ1) is 19.6. The van der Waals surface area contributed by atoms with Crippen molar-refractivity contribution in [2.24, 2.45) is 0 Å². The maximum Gasteiger partial charge on any atom is 0.256 e. The van der Waals surface area contributed by atoms with E-state index in [1.165, 1.54) is 18.2 Å². The molecule has 0 aromatic heterocycles. The van der Waals surface area contributed by atoms with Crippen LogP contribution in [0.15, 0.2) is 18.2 Å². The van der Waals surface area contributed by atoms with Gasteiger partial charge < -0.3 is 14.4 Å². The molecule has 30 heavy (non-hydrogen) atoms. The summed E-state index contributed by atoms with van der Waals surface area (Å²) >= 11 is 0. The number of nitrogens with zero attached hydrogens (tertiary/aromatic N) is 1. The Kier molecular flexibility index (Phi) is 4.83. The second-order valence-corrected chi connectivity index (χ2v) is 8.43. The Bertz CT molecular complexity index is 875. The van der Waals surface area contributed by atoms with Crippen LogP contribution in [0.25, 0.3) is 0 Å². The molecule has 3 fully saturated rings. The number of amides is 3. The van der Waals surface area contributed by atoms with Gasteiger partial charge in [-0.1, -0.05) is 0 Å². The van der Waals surface area contributed by atoms with Gasteiger partial charge in [0.25, 0.3) is 5.91 Å². The molecule has 1 unspecified atom stereocenters. The van der Waals surface area contributed by atoms with Gasteiger partial charge in [0.05, 0.1) is 19.3 Å². The molecule has 1 spiro atoms. The first-order chi connectivity index (χ1) is 14.4. The summed E-state index contributed by atoms with van der Waals surface area (Å²) in [6.07, 6.45) is 2.55. The van der Waals surface area contributed by atoms with Gasteiger partial charge in [-0.2, -0.15) is 0 Å². The molecular formula is C21H24FN3O5. The Hall–Kier alpha value is -2.36. The van der Waals surface area contributed by atoms with E-state index in [9.17, 15) is 18.8 Å². The monoisotopic (exact) mass is 417 g/mol. The average molecular weight is 417 g/mol. The molecule has 9 heteroatoms. The highest BCUT2D eigenvalue weighted by atomic mass is 19.1. The average Bonchev–Trinajstić information content (AvgIpc) is 3.26. The van der Waals surface area contributed by atoms with Crippen LogP contribution in [0, 0.1) is 5.82 Å². The maximum absolute atomic E-state index is 14.0. The number of nitrogens with one attached hydrogen (secondary N) is 2. The van der Waals surface area contributed by atoms with Crippen LogP contribution < -0.4 is 10.6 Å². The molecule has 160 valence electrons. The maximum atomic E-state index is 14.0. The summed E-state index contributed by atoms with van der Waals surface area (Å²) in [5.74, 6) is -2.02. The molecule has 5 rings (SSSR count). The minimum absolute atomic E-state index is 0.0432. The van der Waals surface area contributed by atoms with Crippen LogP contribution in [0.4, 0.5) is 4.39 Å². The fourth-order valence-corrected chi connectivity index (χ4v) is 5.10. The van der Waals surface area contributed by atoms with Crippen molar-refractivity contribution in [1.82, 2.24) is 15.5 Å². The Morgan fingerprint density at radius 3 is 2.40 bits per heavy atom. The lowest BCUT2D eigenvalue weighted by Gasteiger charge is -2.40. The number of carbonyl (C=O) groups excluding carboxylic acids is 3. The van der Waals surface area contributed by atoms with Crippen molar-refractivity contribution in [2.45, 2.75) is 62.6 Å². The fraction of sp³-hybridized carbons (Fsp3) is 0.571. The van der Waals surface area contributed by atoms with Crippen LogP contribution in [0.1, 0.15) is 60.6 Å². The predicted octanol–water partition coefficient (Wildman–Crippen LogP) is 1.36. The van der Waals surface area contributed by atoms with E-state index in [1.807, 2.05) is 0 Å². The number of hydrogen-bond acceptors (Lipinski definition) is 6. The highest BCUT2D eigenvalue weighted by Gasteiger charge is 2.46. The molecule has 2 N–H and O–H groups in total. The quantitative estimate of drug-likeness (QED) is 0.721. The Labute approximate surface area is 173 Å². The first-order valence-corrected chi connectivity index (χ1v) is 10.4. The number of imide groups is 1. The molecule has 2 saturated heterocycles. The molecule has 1 atom stereocenters. The topological polar surface area (TPSA) is 97.0 Å². The minimum atomic E-state index is -0.587. The molecule has 3 heterocycles. The van der Waals surface area contributed by atoms with E-state index in [0.717, 1.165) is 25.7 Å². The molecule has 0 bridgehead atoms. The lowest BCUT2D eigenvalue weighted by molar-refractivity contribution is -0.180. The third kappa shape index (κ3) is 3.40. The second-order valence-electron chi connectivity index (χ2n) is 8.43. The summed E-state index contributed by atoms with van der Waals surface area (Å²) < 4.78 is 25.6. The van der Waals surface area contributed by atoms with Crippen LogP contribution in [-0.2, 0) is 19.1 Å². The number of benzene rings is 1. The number of fused-ring (bicyclic) bond motifs is 1. The van der Waals surface area contributed by atoms with Gasteiger partial charge in [-0.05, 0) is 31.0 Å². The van der Waals surface area contributed by atoms with E-state index in [0.29, 0.717) is 24.3 Å².